The minimum atomic E-state index is -0.917. The van der Waals surface area contributed by atoms with Gasteiger partial charge < -0.3 is 10.4 Å². The molecule has 0 spiro atoms. The molecule has 1 aromatic carbocycles. The van der Waals surface area contributed by atoms with Crippen molar-refractivity contribution in [3.05, 3.63) is 45.9 Å². The van der Waals surface area contributed by atoms with Crippen LogP contribution in [-0.4, -0.2) is 16.1 Å². The summed E-state index contributed by atoms with van der Waals surface area (Å²) in [6.45, 7) is 3.95. The van der Waals surface area contributed by atoms with E-state index in [1.165, 1.54) is 0 Å². The van der Waals surface area contributed by atoms with Crippen LogP contribution >= 0.6 is 11.3 Å². The van der Waals surface area contributed by atoms with E-state index in [-0.39, 0.29) is 11.6 Å². The number of aromatic carboxylic acids is 1. The molecule has 1 atom stereocenters. The van der Waals surface area contributed by atoms with Crippen LogP contribution in [0.15, 0.2) is 29.8 Å². The number of thiazole rings is 1. The molecule has 0 saturated carbocycles. The maximum absolute atomic E-state index is 10.9. The van der Waals surface area contributed by atoms with E-state index in [1.54, 1.807) is 35.7 Å². The summed E-state index contributed by atoms with van der Waals surface area (Å²) >= 11 is 1.58. The lowest BCUT2D eigenvalue weighted by molar-refractivity contribution is 0.0697. The Labute approximate surface area is 109 Å². The molecule has 5 heteroatoms. The van der Waals surface area contributed by atoms with Gasteiger partial charge in [-0.3, -0.25) is 0 Å². The van der Waals surface area contributed by atoms with Crippen LogP contribution in [0.1, 0.15) is 33.9 Å². The molecule has 0 bridgehead atoms. The van der Waals surface area contributed by atoms with Crippen LogP contribution in [0, 0.1) is 6.92 Å². The lowest BCUT2D eigenvalue weighted by atomic mass is 10.1. The number of carboxylic acid groups (broad SMARTS) is 1. The molecule has 0 radical (unpaired) electrons. The molecule has 2 rings (SSSR count). The fourth-order valence-electron chi connectivity index (χ4n) is 1.65. The van der Waals surface area contributed by atoms with E-state index in [0.717, 1.165) is 16.3 Å². The number of aromatic nitrogens is 1. The summed E-state index contributed by atoms with van der Waals surface area (Å²) in [5.74, 6) is -0.917. The Bertz CT molecular complexity index is 552. The SMILES string of the molecule is Cc1ccc(C(=O)O)cc1NC(C)c1nccs1. The highest BCUT2D eigenvalue weighted by Crippen LogP contribution is 2.24. The highest BCUT2D eigenvalue weighted by Gasteiger charge is 2.11. The third-order valence-corrected chi connectivity index (χ3v) is 3.64. The fourth-order valence-corrected chi connectivity index (χ4v) is 2.30. The Hall–Kier alpha value is -1.88. The molecule has 4 nitrogen and oxygen atoms in total. The van der Waals surface area contributed by atoms with Crippen LogP contribution in [0.25, 0.3) is 0 Å². The minimum Gasteiger partial charge on any atom is -0.478 e. The number of carbonyl (C=O) groups is 1. The highest BCUT2D eigenvalue weighted by molar-refractivity contribution is 7.09. The van der Waals surface area contributed by atoms with Crippen LogP contribution in [-0.2, 0) is 0 Å². The monoisotopic (exact) mass is 262 g/mol. The van der Waals surface area contributed by atoms with Crippen molar-refractivity contribution in [3.63, 3.8) is 0 Å². The average Bonchev–Trinajstić information content (AvgIpc) is 2.85. The molecular weight excluding hydrogens is 248 g/mol. The van der Waals surface area contributed by atoms with Crippen molar-refractivity contribution >= 4 is 23.0 Å². The third-order valence-electron chi connectivity index (χ3n) is 2.68. The van der Waals surface area contributed by atoms with E-state index < -0.39 is 5.97 Å². The molecule has 1 heterocycles. The molecule has 0 aliphatic carbocycles. The van der Waals surface area contributed by atoms with Gasteiger partial charge in [0, 0.05) is 17.3 Å². The van der Waals surface area contributed by atoms with Gasteiger partial charge in [-0.15, -0.1) is 11.3 Å². The summed E-state index contributed by atoms with van der Waals surface area (Å²) in [4.78, 5) is 15.2. The van der Waals surface area contributed by atoms with E-state index in [0.29, 0.717) is 0 Å². The van der Waals surface area contributed by atoms with Gasteiger partial charge in [0.2, 0.25) is 0 Å². The summed E-state index contributed by atoms with van der Waals surface area (Å²) in [6, 6.07) is 5.13. The molecule has 2 aromatic rings. The van der Waals surface area contributed by atoms with Crippen molar-refractivity contribution in [1.29, 1.82) is 0 Å². The molecule has 1 aromatic heterocycles. The fraction of sp³-hybridized carbons (Fsp3) is 0.231. The zero-order chi connectivity index (χ0) is 13.1. The molecule has 94 valence electrons. The molecule has 1 unspecified atom stereocenters. The quantitative estimate of drug-likeness (QED) is 0.887. The van der Waals surface area contributed by atoms with Gasteiger partial charge in [0.25, 0.3) is 0 Å². The van der Waals surface area contributed by atoms with Crippen LogP contribution in [0.2, 0.25) is 0 Å². The number of anilines is 1. The molecule has 0 saturated heterocycles. The Balaban J connectivity index is 2.23. The second-order valence-corrected chi connectivity index (χ2v) is 5.00. The summed E-state index contributed by atoms with van der Waals surface area (Å²) in [7, 11) is 0. The van der Waals surface area contributed by atoms with Crippen molar-refractivity contribution in [2.24, 2.45) is 0 Å². The van der Waals surface area contributed by atoms with Gasteiger partial charge in [0.15, 0.2) is 0 Å². The molecule has 0 aliphatic heterocycles. The van der Waals surface area contributed by atoms with Crippen molar-refractivity contribution in [1.82, 2.24) is 4.98 Å². The van der Waals surface area contributed by atoms with E-state index in [2.05, 4.69) is 10.3 Å². The van der Waals surface area contributed by atoms with Crippen LogP contribution in [0.5, 0.6) is 0 Å². The standard InChI is InChI=1S/C13H14N2O2S/c1-8-3-4-10(13(16)17)7-11(8)15-9(2)12-14-5-6-18-12/h3-7,9,15H,1-2H3,(H,16,17). The molecule has 0 fully saturated rings. The third kappa shape index (κ3) is 2.68. The Morgan fingerprint density at radius 3 is 2.89 bits per heavy atom. The Morgan fingerprint density at radius 1 is 1.50 bits per heavy atom. The number of hydrogen-bond acceptors (Lipinski definition) is 4. The number of rotatable bonds is 4. The highest BCUT2D eigenvalue weighted by atomic mass is 32.1. The van der Waals surface area contributed by atoms with E-state index in [9.17, 15) is 4.79 Å². The zero-order valence-electron chi connectivity index (χ0n) is 10.2. The lowest BCUT2D eigenvalue weighted by Crippen LogP contribution is -2.08. The van der Waals surface area contributed by atoms with Gasteiger partial charge in [-0.2, -0.15) is 0 Å². The molecule has 0 amide bonds. The second kappa shape index (κ2) is 5.18. The topological polar surface area (TPSA) is 62.2 Å². The van der Waals surface area contributed by atoms with Crippen molar-refractivity contribution in [2.75, 3.05) is 5.32 Å². The normalized spacial score (nSPS) is 12.1. The van der Waals surface area contributed by atoms with Crippen molar-refractivity contribution < 1.29 is 9.90 Å². The first kappa shape index (κ1) is 12.6. The first-order chi connectivity index (χ1) is 8.58. The van der Waals surface area contributed by atoms with Crippen molar-refractivity contribution in [3.8, 4) is 0 Å². The van der Waals surface area contributed by atoms with Gasteiger partial charge in [0.1, 0.15) is 5.01 Å². The number of carboxylic acids is 1. The number of hydrogen-bond donors (Lipinski definition) is 2. The van der Waals surface area contributed by atoms with Crippen LogP contribution < -0.4 is 5.32 Å². The van der Waals surface area contributed by atoms with Gasteiger partial charge in [-0.1, -0.05) is 6.07 Å². The molecular formula is C13H14N2O2S. The summed E-state index contributed by atoms with van der Waals surface area (Å²) in [5.41, 5.74) is 2.13. The molecule has 2 N–H and O–H groups in total. The number of aryl methyl sites for hydroxylation is 1. The molecule has 0 aliphatic rings. The van der Waals surface area contributed by atoms with Crippen LogP contribution in [0.3, 0.4) is 0 Å². The largest absolute Gasteiger partial charge is 0.478 e. The number of nitrogens with zero attached hydrogens (tertiary/aromatic N) is 1. The second-order valence-electron chi connectivity index (χ2n) is 4.07. The first-order valence-corrected chi connectivity index (χ1v) is 6.46. The van der Waals surface area contributed by atoms with Gasteiger partial charge in [0.05, 0.1) is 11.6 Å². The summed E-state index contributed by atoms with van der Waals surface area (Å²) in [5, 5.41) is 15.2. The van der Waals surface area contributed by atoms with E-state index in [1.807, 2.05) is 19.2 Å². The van der Waals surface area contributed by atoms with Crippen LogP contribution in [0.4, 0.5) is 5.69 Å². The number of nitrogens with one attached hydrogen (secondary N) is 1. The smallest absolute Gasteiger partial charge is 0.335 e. The molecule has 18 heavy (non-hydrogen) atoms. The summed E-state index contributed by atoms with van der Waals surface area (Å²) < 4.78 is 0. The number of benzene rings is 1. The predicted molar refractivity (Wildman–Crippen MR) is 72.3 cm³/mol. The van der Waals surface area contributed by atoms with Crippen molar-refractivity contribution in [2.45, 2.75) is 19.9 Å². The zero-order valence-corrected chi connectivity index (χ0v) is 11.0. The summed E-state index contributed by atoms with van der Waals surface area (Å²) in [6.07, 6.45) is 1.76. The van der Waals surface area contributed by atoms with E-state index in [4.69, 9.17) is 5.11 Å². The minimum absolute atomic E-state index is 0.0627. The first-order valence-electron chi connectivity index (χ1n) is 5.58. The van der Waals surface area contributed by atoms with Gasteiger partial charge >= 0.3 is 5.97 Å². The van der Waals surface area contributed by atoms with Gasteiger partial charge in [-0.25, -0.2) is 9.78 Å². The maximum atomic E-state index is 10.9. The van der Waals surface area contributed by atoms with E-state index >= 15 is 0 Å². The van der Waals surface area contributed by atoms with Gasteiger partial charge in [-0.05, 0) is 31.5 Å². The lowest BCUT2D eigenvalue weighted by Gasteiger charge is -2.15. The average molecular weight is 262 g/mol. The maximum Gasteiger partial charge on any atom is 0.335 e. The Morgan fingerprint density at radius 2 is 2.28 bits per heavy atom. The predicted octanol–water partition coefficient (Wildman–Crippen LogP) is 3.32. The Kier molecular flexibility index (Phi) is 3.62.